The molecule has 2 aromatic heterocycles. The average Bonchev–Trinajstić information content (AvgIpc) is 3.35. The van der Waals surface area contributed by atoms with Crippen molar-refractivity contribution in [3.63, 3.8) is 0 Å². The maximum atomic E-state index is 13.4. The van der Waals surface area contributed by atoms with E-state index in [0.717, 1.165) is 11.1 Å². The molecule has 1 aliphatic rings. The molecular formula is C27H27FN4O2S. The van der Waals surface area contributed by atoms with Crippen molar-refractivity contribution < 1.29 is 9.18 Å². The first-order chi connectivity index (χ1) is 17.0. The number of aromatic nitrogens is 2. The fraction of sp³-hybridized carbons (Fsp3) is 0.296. The number of fused-ring (bicyclic) bond motifs is 1. The van der Waals surface area contributed by atoms with Crippen LogP contribution in [0.15, 0.2) is 64.8 Å². The van der Waals surface area contributed by atoms with Gasteiger partial charge in [-0.1, -0.05) is 42.0 Å². The molecule has 2 aromatic carbocycles. The van der Waals surface area contributed by atoms with Crippen molar-refractivity contribution >= 4 is 33.4 Å². The van der Waals surface area contributed by atoms with Crippen LogP contribution in [0.1, 0.15) is 29.5 Å². The molecule has 0 aliphatic carbocycles. The van der Waals surface area contributed by atoms with Crippen molar-refractivity contribution in [3.05, 3.63) is 92.8 Å². The SMILES string of the molecule is Cc1ccc(CNC(=O)C2CCN(c3nc4ccsc4c(=O)n3Cc3ccc(F)cc3)CC2)cc1. The topological polar surface area (TPSA) is 67.2 Å². The van der Waals surface area contributed by atoms with Crippen LogP contribution in [0.25, 0.3) is 10.2 Å². The predicted molar refractivity (Wildman–Crippen MR) is 137 cm³/mol. The Labute approximate surface area is 207 Å². The van der Waals surface area contributed by atoms with Crippen molar-refractivity contribution in [3.8, 4) is 0 Å². The lowest BCUT2D eigenvalue weighted by Gasteiger charge is -2.33. The summed E-state index contributed by atoms with van der Waals surface area (Å²) in [6, 6.07) is 16.2. The summed E-state index contributed by atoms with van der Waals surface area (Å²) >= 11 is 1.38. The second-order valence-corrected chi connectivity index (χ2v) is 9.95. The number of halogens is 1. The van der Waals surface area contributed by atoms with E-state index in [9.17, 15) is 14.0 Å². The van der Waals surface area contributed by atoms with Crippen LogP contribution in [0.3, 0.4) is 0 Å². The summed E-state index contributed by atoms with van der Waals surface area (Å²) < 4.78 is 15.7. The molecule has 5 rings (SSSR count). The van der Waals surface area contributed by atoms with Gasteiger partial charge in [-0.2, -0.15) is 0 Å². The second-order valence-electron chi connectivity index (χ2n) is 9.03. The summed E-state index contributed by atoms with van der Waals surface area (Å²) in [6.45, 7) is 4.14. The van der Waals surface area contributed by atoms with E-state index < -0.39 is 0 Å². The van der Waals surface area contributed by atoms with E-state index in [1.54, 1.807) is 16.7 Å². The second kappa shape index (κ2) is 10.00. The molecule has 1 amide bonds. The van der Waals surface area contributed by atoms with Gasteiger partial charge < -0.3 is 10.2 Å². The number of amides is 1. The molecule has 0 radical (unpaired) electrons. The highest BCUT2D eigenvalue weighted by Gasteiger charge is 2.27. The molecule has 8 heteroatoms. The van der Waals surface area contributed by atoms with Crippen LogP contribution in [0, 0.1) is 18.7 Å². The number of rotatable bonds is 6. The molecular weight excluding hydrogens is 463 g/mol. The van der Waals surface area contributed by atoms with Crippen molar-refractivity contribution in [2.45, 2.75) is 32.9 Å². The number of carbonyl (C=O) groups is 1. The third-order valence-corrected chi connectivity index (χ3v) is 7.43. The summed E-state index contributed by atoms with van der Waals surface area (Å²) in [5.41, 5.74) is 3.70. The van der Waals surface area contributed by atoms with Crippen LogP contribution in [0.2, 0.25) is 0 Å². The number of thiophene rings is 1. The monoisotopic (exact) mass is 490 g/mol. The lowest BCUT2D eigenvalue weighted by Crippen LogP contribution is -2.42. The van der Waals surface area contributed by atoms with Gasteiger partial charge in [0.25, 0.3) is 5.56 Å². The molecule has 4 aromatic rings. The Morgan fingerprint density at radius 1 is 1.06 bits per heavy atom. The molecule has 180 valence electrons. The van der Waals surface area contributed by atoms with Gasteiger partial charge in [-0.3, -0.25) is 14.2 Å². The highest BCUT2D eigenvalue weighted by molar-refractivity contribution is 7.17. The standard InChI is InChI=1S/C27H27FN4O2S/c1-18-2-4-19(5-3-18)16-29-25(33)21-10-13-31(14-11-21)27-30-23-12-15-35-24(23)26(34)32(27)17-20-6-8-22(28)9-7-20/h2-9,12,15,21H,10-11,13-14,16-17H2,1H3,(H,29,33). The zero-order valence-electron chi connectivity index (χ0n) is 19.5. The molecule has 1 aliphatic heterocycles. The van der Waals surface area contributed by atoms with Crippen molar-refractivity contribution in [2.24, 2.45) is 5.92 Å². The number of anilines is 1. The Balaban J connectivity index is 1.30. The number of nitrogens with one attached hydrogen (secondary N) is 1. The number of piperidine rings is 1. The Bertz CT molecular complexity index is 1390. The molecule has 1 saturated heterocycles. The van der Waals surface area contributed by atoms with Gasteiger partial charge in [-0.25, -0.2) is 9.37 Å². The number of hydrogen-bond acceptors (Lipinski definition) is 5. The van der Waals surface area contributed by atoms with Gasteiger partial charge >= 0.3 is 0 Å². The third kappa shape index (κ3) is 5.12. The lowest BCUT2D eigenvalue weighted by molar-refractivity contribution is -0.125. The largest absolute Gasteiger partial charge is 0.352 e. The van der Waals surface area contributed by atoms with E-state index in [-0.39, 0.29) is 23.2 Å². The molecule has 35 heavy (non-hydrogen) atoms. The first-order valence-corrected chi connectivity index (χ1v) is 12.7. The maximum absolute atomic E-state index is 13.4. The maximum Gasteiger partial charge on any atom is 0.273 e. The zero-order chi connectivity index (χ0) is 24.4. The summed E-state index contributed by atoms with van der Waals surface area (Å²) in [5, 5.41) is 4.93. The van der Waals surface area contributed by atoms with Gasteiger partial charge in [0.05, 0.1) is 12.1 Å². The van der Waals surface area contributed by atoms with Gasteiger partial charge in [0.1, 0.15) is 10.5 Å². The van der Waals surface area contributed by atoms with E-state index in [1.165, 1.54) is 29.0 Å². The predicted octanol–water partition coefficient (Wildman–Crippen LogP) is 4.49. The fourth-order valence-electron chi connectivity index (χ4n) is 4.47. The summed E-state index contributed by atoms with van der Waals surface area (Å²) in [6.07, 6.45) is 1.38. The zero-order valence-corrected chi connectivity index (χ0v) is 20.4. The Hall–Kier alpha value is -3.52. The first-order valence-electron chi connectivity index (χ1n) is 11.8. The summed E-state index contributed by atoms with van der Waals surface area (Å²) in [4.78, 5) is 33.0. The molecule has 0 unspecified atom stereocenters. The van der Waals surface area contributed by atoms with Crippen LogP contribution in [-0.2, 0) is 17.9 Å². The van der Waals surface area contributed by atoms with Gasteiger partial charge in [0.15, 0.2) is 0 Å². The Morgan fingerprint density at radius 2 is 1.74 bits per heavy atom. The fourth-order valence-corrected chi connectivity index (χ4v) is 5.25. The van der Waals surface area contributed by atoms with Gasteiger partial charge in [0.2, 0.25) is 11.9 Å². The molecule has 0 saturated carbocycles. The molecule has 0 atom stereocenters. The lowest BCUT2D eigenvalue weighted by atomic mass is 9.96. The van der Waals surface area contributed by atoms with E-state index in [4.69, 9.17) is 4.98 Å². The molecule has 1 N–H and O–H groups in total. The van der Waals surface area contributed by atoms with Crippen LogP contribution in [0.4, 0.5) is 10.3 Å². The quantitative estimate of drug-likeness (QED) is 0.433. The van der Waals surface area contributed by atoms with E-state index in [2.05, 4.69) is 10.2 Å². The number of benzene rings is 2. The highest BCUT2D eigenvalue weighted by Crippen LogP contribution is 2.25. The van der Waals surface area contributed by atoms with E-state index >= 15 is 0 Å². The summed E-state index contributed by atoms with van der Waals surface area (Å²) in [5.74, 6) is 0.286. The van der Waals surface area contributed by atoms with E-state index in [1.807, 2.05) is 42.6 Å². The Kier molecular flexibility index (Phi) is 6.63. The first kappa shape index (κ1) is 23.2. The van der Waals surface area contributed by atoms with Crippen molar-refractivity contribution in [1.82, 2.24) is 14.9 Å². The van der Waals surface area contributed by atoms with Gasteiger partial charge in [-0.05, 0) is 54.5 Å². The Morgan fingerprint density at radius 3 is 2.46 bits per heavy atom. The molecule has 0 bridgehead atoms. The number of carbonyl (C=O) groups excluding carboxylic acids is 1. The minimum atomic E-state index is -0.309. The van der Waals surface area contributed by atoms with Gasteiger partial charge in [0, 0.05) is 25.6 Å². The summed E-state index contributed by atoms with van der Waals surface area (Å²) in [7, 11) is 0. The van der Waals surface area contributed by atoms with Crippen molar-refractivity contribution in [1.29, 1.82) is 0 Å². The number of nitrogens with zero attached hydrogens (tertiary/aromatic N) is 3. The molecule has 6 nitrogen and oxygen atoms in total. The van der Waals surface area contributed by atoms with Crippen molar-refractivity contribution in [2.75, 3.05) is 18.0 Å². The highest BCUT2D eigenvalue weighted by atomic mass is 32.1. The van der Waals surface area contributed by atoms with Crippen LogP contribution < -0.4 is 15.8 Å². The van der Waals surface area contributed by atoms with Gasteiger partial charge in [-0.15, -0.1) is 11.3 Å². The number of hydrogen-bond donors (Lipinski definition) is 1. The van der Waals surface area contributed by atoms with Crippen LogP contribution >= 0.6 is 11.3 Å². The average molecular weight is 491 g/mol. The minimum absolute atomic E-state index is 0.0650. The third-order valence-electron chi connectivity index (χ3n) is 6.54. The smallest absolute Gasteiger partial charge is 0.273 e. The molecule has 0 spiro atoms. The molecule has 3 heterocycles. The number of aryl methyl sites for hydroxylation is 1. The molecule has 1 fully saturated rings. The van der Waals surface area contributed by atoms with Crippen LogP contribution in [0.5, 0.6) is 0 Å². The van der Waals surface area contributed by atoms with E-state index in [0.29, 0.717) is 55.2 Å². The minimum Gasteiger partial charge on any atom is -0.352 e. The normalized spacial score (nSPS) is 14.4. The van der Waals surface area contributed by atoms with Crippen LogP contribution in [-0.4, -0.2) is 28.5 Å².